The summed E-state index contributed by atoms with van der Waals surface area (Å²) in [6.07, 6.45) is -0.401. The van der Waals surface area contributed by atoms with Gasteiger partial charge in [-0.25, -0.2) is 22.5 Å². The summed E-state index contributed by atoms with van der Waals surface area (Å²) in [7, 11) is 0. The van der Waals surface area contributed by atoms with E-state index in [9.17, 15) is 22.4 Å². The number of anilines is 1. The molecule has 0 aliphatic carbocycles. The van der Waals surface area contributed by atoms with E-state index < -0.39 is 22.8 Å². The van der Waals surface area contributed by atoms with Crippen molar-refractivity contribution in [1.29, 1.82) is 0 Å². The van der Waals surface area contributed by atoms with Crippen LogP contribution in [0, 0.1) is 11.6 Å². The summed E-state index contributed by atoms with van der Waals surface area (Å²) in [5.74, 6) is -4.80. The lowest BCUT2D eigenvalue weighted by Crippen LogP contribution is -2.28. The zero-order chi connectivity index (χ0) is 17.5. The minimum Gasteiger partial charge on any atom is -0.356 e. The van der Waals surface area contributed by atoms with Crippen molar-refractivity contribution in [1.82, 2.24) is 4.98 Å². The normalized spacial score (nSPS) is 17.8. The Hall–Kier alpha value is -1.89. The van der Waals surface area contributed by atoms with Gasteiger partial charge in [0, 0.05) is 37.4 Å². The molecule has 24 heavy (non-hydrogen) atoms. The first-order chi connectivity index (χ1) is 11.3. The quantitative estimate of drug-likeness (QED) is 0.583. The van der Waals surface area contributed by atoms with Crippen LogP contribution in [0.25, 0.3) is 10.9 Å². The van der Waals surface area contributed by atoms with E-state index in [0.717, 1.165) is 12.1 Å². The SMILES string of the molecule is O=C(Cl)c1cc2cc(F)c(F)cc2nc1N1CCCC(F)(F)CC1. The third-order valence-corrected chi connectivity index (χ3v) is 4.27. The molecule has 0 bridgehead atoms. The van der Waals surface area contributed by atoms with Gasteiger partial charge in [-0.15, -0.1) is 0 Å². The number of fused-ring (bicyclic) bond motifs is 1. The van der Waals surface area contributed by atoms with E-state index in [-0.39, 0.29) is 54.6 Å². The van der Waals surface area contributed by atoms with Gasteiger partial charge in [-0.05, 0) is 30.2 Å². The van der Waals surface area contributed by atoms with Gasteiger partial charge in [0.25, 0.3) is 5.24 Å². The van der Waals surface area contributed by atoms with Gasteiger partial charge in [-0.1, -0.05) is 0 Å². The molecule has 0 N–H and O–H groups in total. The Morgan fingerprint density at radius 1 is 1.12 bits per heavy atom. The van der Waals surface area contributed by atoms with Crippen LogP contribution in [0.5, 0.6) is 0 Å². The molecule has 1 aromatic heterocycles. The number of alkyl halides is 2. The van der Waals surface area contributed by atoms with E-state index in [1.165, 1.54) is 11.0 Å². The van der Waals surface area contributed by atoms with Crippen LogP contribution in [0.15, 0.2) is 18.2 Å². The number of hydrogen-bond donors (Lipinski definition) is 0. The lowest BCUT2D eigenvalue weighted by Gasteiger charge is -2.23. The van der Waals surface area contributed by atoms with E-state index >= 15 is 0 Å². The molecule has 1 aliphatic heterocycles. The first-order valence-electron chi connectivity index (χ1n) is 7.39. The first-order valence-corrected chi connectivity index (χ1v) is 7.77. The number of benzene rings is 1. The maximum Gasteiger partial charge on any atom is 0.256 e. The van der Waals surface area contributed by atoms with Crippen LogP contribution in [-0.2, 0) is 0 Å². The van der Waals surface area contributed by atoms with E-state index in [4.69, 9.17) is 11.6 Å². The molecule has 128 valence electrons. The summed E-state index contributed by atoms with van der Waals surface area (Å²) >= 11 is 5.57. The number of hydrogen-bond acceptors (Lipinski definition) is 3. The van der Waals surface area contributed by atoms with Crippen molar-refractivity contribution in [2.75, 3.05) is 18.0 Å². The molecule has 2 aromatic rings. The number of rotatable bonds is 2. The fourth-order valence-corrected chi connectivity index (χ4v) is 2.96. The predicted octanol–water partition coefficient (Wildman–Crippen LogP) is 4.52. The van der Waals surface area contributed by atoms with Crippen molar-refractivity contribution in [2.24, 2.45) is 0 Å². The molecule has 1 aromatic carbocycles. The second-order valence-corrected chi connectivity index (χ2v) is 6.13. The summed E-state index contributed by atoms with van der Waals surface area (Å²) in [6, 6.07) is 3.13. The van der Waals surface area contributed by atoms with Crippen LogP contribution in [0.1, 0.15) is 29.6 Å². The largest absolute Gasteiger partial charge is 0.356 e. The molecule has 1 saturated heterocycles. The average molecular weight is 361 g/mol. The molecular weight excluding hydrogens is 348 g/mol. The van der Waals surface area contributed by atoms with E-state index in [1.807, 2.05) is 0 Å². The zero-order valence-corrected chi connectivity index (χ0v) is 13.2. The van der Waals surface area contributed by atoms with Gasteiger partial charge in [0.05, 0.1) is 11.1 Å². The molecule has 3 rings (SSSR count). The Balaban J connectivity index is 2.09. The number of aromatic nitrogens is 1. The maximum atomic E-state index is 13.5. The molecule has 2 heterocycles. The molecule has 1 aliphatic rings. The highest BCUT2D eigenvalue weighted by atomic mass is 35.5. The van der Waals surface area contributed by atoms with Gasteiger partial charge in [0.1, 0.15) is 5.82 Å². The molecule has 0 unspecified atom stereocenters. The summed E-state index contributed by atoms with van der Waals surface area (Å²) in [5.41, 5.74) is 0.113. The minimum absolute atomic E-state index is 0.00759. The van der Waals surface area contributed by atoms with Gasteiger partial charge in [-0.3, -0.25) is 4.79 Å². The summed E-state index contributed by atoms with van der Waals surface area (Å²) in [5, 5.41) is -0.623. The Labute approximate surface area is 140 Å². The molecule has 0 amide bonds. The van der Waals surface area contributed by atoms with E-state index in [1.54, 1.807) is 0 Å². The molecule has 3 nitrogen and oxygen atoms in total. The fraction of sp³-hybridized carbons (Fsp3) is 0.375. The van der Waals surface area contributed by atoms with Crippen molar-refractivity contribution in [3.8, 4) is 0 Å². The van der Waals surface area contributed by atoms with Crippen molar-refractivity contribution < 1.29 is 22.4 Å². The molecule has 0 radical (unpaired) electrons. The van der Waals surface area contributed by atoms with Crippen molar-refractivity contribution >= 4 is 33.6 Å². The number of carbonyl (C=O) groups is 1. The van der Waals surface area contributed by atoms with Crippen LogP contribution in [0.2, 0.25) is 0 Å². The predicted molar refractivity (Wildman–Crippen MR) is 82.9 cm³/mol. The maximum absolute atomic E-state index is 13.5. The second kappa shape index (κ2) is 6.20. The van der Waals surface area contributed by atoms with Crippen molar-refractivity contribution in [3.05, 3.63) is 35.4 Å². The highest BCUT2D eigenvalue weighted by Gasteiger charge is 2.33. The number of carbonyl (C=O) groups excluding carboxylic acids is 1. The van der Waals surface area contributed by atoms with Crippen LogP contribution in [0.4, 0.5) is 23.4 Å². The number of halogens is 5. The Bertz CT molecular complexity index is 812. The Morgan fingerprint density at radius 3 is 2.54 bits per heavy atom. The lowest BCUT2D eigenvalue weighted by atomic mass is 10.1. The zero-order valence-electron chi connectivity index (χ0n) is 12.5. The van der Waals surface area contributed by atoms with Gasteiger partial charge in [-0.2, -0.15) is 0 Å². The van der Waals surface area contributed by atoms with E-state index in [2.05, 4.69) is 4.98 Å². The molecule has 1 fully saturated rings. The standard InChI is InChI=1S/C16H13ClF4N2O/c17-14(24)10-6-9-7-11(18)12(19)8-13(9)22-15(10)23-4-1-2-16(20,21)3-5-23/h6-8H,1-5H2. The van der Waals surface area contributed by atoms with Crippen LogP contribution in [0.3, 0.4) is 0 Å². The summed E-state index contributed by atoms with van der Waals surface area (Å²) < 4.78 is 53.9. The Morgan fingerprint density at radius 2 is 1.83 bits per heavy atom. The number of nitrogens with zero attached hydrogens (tertiary/aromatic N) is 2. The van der Waals surface area contributed by atoms with Crippen LogP contribution in [-0.4, -0.2) is 29.2 Å². The second-order valence-electron chi connectivity index (χ2n) is 5.79. The smallest absolute Gasteiger partial charge is 0.256 e. The van der Waals surface area contributed by atoms with Crippen LogP contribution >= 0.6 is 11.6 Å². The molecular formula is C16H13ClF4N2O. The van der Waals surface area contributed by atoms with E-state index in [0.29, 0.717) is 0 Å². The molecule has 0 saturated carbocycles. The third-order valence-electron chi connectivity index (χ3n) is 4.07. The molecule has 8 heteroatoms. The van der Waals surface area contributed by atoms with Crippen molar-refractivity contribution in [2.45, 2.75) is 25.2 Å². The van der Waals surface area contributed by atoms with Gasteiger partial charge >= 0.3 is 0 Å². The fourth-order valence-electron chi connectivity index (χ4n) is 2.82. The van der Waals surface area contributed by atoms with Gasteiger partial charge in [0.15, 0.2) is 11.6 Å². The van der Waals surface area contributed by atoms with Crippen molar-refractivity contribution in [3.63, 3.8) is 0 Å². The third kappa shape index (κ3) is 3.31. The monoisotopic (exact) mass is 360 g/mol. The average Bonchev–Trinajstić information content (AvgIpc) is 2.68. The summed E-state index contributed by atoms with van der Waals surface area (Å²) in [4.78, 5) is 17.4. The molecule has 0 spiro atoms. The first kappa shape index (κ1) is 17.0. The minimum atomic E-state index is -2.77. The highest BCUT2D eigenvalue weighted by Crippen LogP contribution is 2.32. The Kier molecular flexibility index (Phi) is 4.38. The topological polar surface area (TPSA) is 33.2 Å². The lowest BCUT2D eigenvalue weighted by molar-refractivity contribution is -0.0102. The number of pyridine rings is 1. The van der Waals surface area contributed by atoms with Gasteiger partial charge < -0.3 is 4.90 Å². The highest BCUT2D eigenvalue weighted by molar-refractivity contribution is 6.68. The van der Waals surface area contributed by atoms with Crippen LogP contribution < -0.4 is 4.90 Å². The van der Waals surface area contributed by atoms with Gasteiger partial charge in [0.2, 0.25) is 5.92 Å². The molecule has 0 atom stereocenters. The summed E-state index contributed by atoms with van der Waals surface area (Å²) in [6.45, 7) is 0.265.